The van der Waals surface area contributed by atoms with Crippen LogP contribution < -0.4 is 0 Å². The van der Waals surface area contributed by atoms with E-state index in [2.05, 4.69) is 5.16 Å². The van der Waals surface area contributed by atoms with Crippen molar-refractivity contribution in [3.63, 3.8) is 0 Å². The van der Waals surface area contributed by atoms with E-state index in [1.54, 1.807) is 0 Å². The van der Waals surface area contributed by atoms with E-state index in [9.17, 15) is 4.79 Å². The van der Waals surface area contributed by atoms with E-state index in [1.807, 2.05) is 32.9 Å². The van der Waals surface area contributed by atoms with Crippen LogP contribution in [0.3, 0.4) is 0 Å². The van der Waals surface area contributed by atoms with E-state index < -0.39 is 5.97 Å². The minimum absolute atomic E-state index is 0.0360. The molecule has 0 unspecified atom stereocenters. The molecular weight excluding hydrogens is 218 g/mol. The largest absolute Gasteiger partial charge is 0.481 e. The molecule has 17 heavy (non-hydrogen) atoms. The van der Waals surface area contributed by atoms with Gasteiger partial charge in [0.15, 0.2) is 0 Å². The maximum Gasteiger partial charge on any atom is 0.303 e. The minimum Gasteiger partial charge on any atom is -0.481 e. The molecule has 0 atom stereocenters. The second-order valence-electron chi connectivity index (χ2n) is 4.12. The first kappa shape index (κ1) is 13.2. The van der Waals surface area contributed by atoms with Gasteiger partial charge in [0.25, 0.3) is 0 Å². The third kappa shape index (κ3) is 3.06. The average molecular weight is 235 g/mol. The summed E-state index contributed by atoms with van der Waals surface area (Å²) in [6.07, 6.45) is 0.195. The van der Waals surface area contributed by atoms with Gasteiger partial charge in [-0.1, -0.05) is 17.3 Å². The molecule has 1 aromatic carbocycles. The number of aliphatic carboxylic acids is 1. The zero-order valence-electron chi connectivity index (χ0n) is 10.3. The number of carboxylic acid groups (broad SMARTS) is 1. The standard InChI is InChI=1S/C13H17NO3/c1-8-4-5-11(10(3)9(8)2)12(14-17)6-7-13(15)16/h4-5,17H,6-7H2,1-3H3,(H,15,16)/b14-12+. The predicted molar refractivity (Wildman–Crippen MR) is 65.8 cm³/mol. The fourth-order valence-electron chi connectivity index (χ4n) is 1.73. The Bertz CT molecular complexity index is 464. The predicted octanol–water partition coefficient (Wildman–Crippen LogP) is 2.65. The Labute approximate surface area is 101 Å². The van der Waals surface area contributed by atoms with Crippen LogP contribution in [0.4, 0.5) is 0 Å². The number of nitrogens with zero attached hydrogens (tertiary/aromatic N) is 1. The van der Waals surface area contributed by atoms with Crippen molar-refractivity contribution in [3.8, 4) is 0 Å². The Morgan fingerprint density at radius 1 is 1.18 bits per heavy atom. The number of carboxylic acids is 1. The first-order chi connectivity index (χ1) is 7.97. The fraction of sp³-hybridized carbons (Fsp3) is 0.385. The van der Waals surface area contributed by atoms with E-state index in [4.69, 9.17) is 10.3 Å². The molecular formula is C13H17NO3. The van der Waals surface area contributed by atoms with Crippen molar-refractivity contribution < 1.29 is 15.1 Å². The van der Waals surface area contributed by atoms with Gasteiger partial charge < -0.3 is 10.3 Å². The molecule has 0 amide bonds. The van der Waals surface area contributed by atoms with E-state index in [0.29, 0.717) is 5.71 Å². The topological polar surface area (TPSA) is 69.9 Å². The van der Waals surface area contributed by atoms with Gasteiger partial charge in [-0.25, -0.2) is 0 Å². The molecule has 4 nitrogen and oxygen atoms in total. The molecule has 0 spiro atoms. The third-order valence-electron chi connectivity index (χ3n) is 3.07. The second-order valence-corrected chi connectivity index (χ2v) is 4.12. The van der Waals surface area contributed by atoms with Crippen molar-refractivity contribution in [1.29, 1.82) is 0 Å². The van der Waals surface area contributed by atoms with Gasteiger partial charge in [-0.3, -0.25) is 4.79 Å². The Balaban J connectivity index is 3.06. The van der Waals surface area contributed by atoms with Crippen LogP contribution in [0.2, 0.25) is 0 Å². The van der Waals surface area contributed by atoms with Gasteiger partial charge in [0.05, 0.1) is 12.1 Å². The molecule has 0 radical (unpaired) electrons. The first-order valence-corrected chi connectivity index (χ1v) is 5.47. The van der Waals surface area contributed by atoms with E-state index in [1.165, 1.54) is 5.56 Å². The highest BCUT2D eigenvalue weighted by Crippen LogP contribution is 2.19. The van der Waals surface area contributed by atoms with Gasteiger partial charge in [0, 0.05) is 12.0 Å². The van der Waals surface area contributed by atoms with E-state index in [-0.39, 0.29) is 12.8 Å². The van der Waals surface area contributed by atoms with Crippen LogP contribution in [0.25, 0.3) is 0 Å². The molecule has 0 saturated carbocycles. The van der Waals surface area contributed by atoms with E-state index >= 15 is 0 Å². The maximum atomic E-state index is 10.5. The molecule has 4 heteroatoms. The fourth-order valence-corrected chi connectivity index (χ4v) is 1.73. The van der Waals surface area contributed by atoms with Gasteiger partial charge in [0.2, 0.25) is 0 Å². The summed E-state index contributed by atoms with van der Waals surface area (Å²) in [5.74, 6) is -0.896. The number of hydrogen-bond acceptors (Lipinski definition) is 3. The van der Waals surface area contributed by atoms with Crippen LogP contribution in [-0.2, 0) is 4.79 Å². The lowest BCUT2D eigenvalue weighted by Gasteiger charge is -2.11. The summed E-state index contributed by atoms with van der Waals surface area (Å²) in [6.45, 7) is 5.96. The van der Waals surface area contributed by atoms with Crippen LogP contribution in [0.1, 0.15) is 35.1 Å². The number of carbonyl (C=O) groups is 1. The summed E-state index contributed by atoms with van der Waals surface area (Å²) in [5.41, 5.74) is 4.58. The third-order valence-corrected chi connectivity index (χ3v) is 3.07. The number of hydrogen-bond donors (Lipinski definition) is 2. The minimum atomic E-state index is -0.896. The van der Waals surface area contributed by atoms with Gasteiger partial charge in [0.1, 0.15) is 0 Å². The van der Waals surface area contributed by atoms with Crippen LogP contribution in [0, 0.1) is 20.8 Å². The summed E-state index contributed by atoms with van der Waals surface area (Å²) in [7, 11) is 0. The van der Waals surface area contributed by atoms with Gasteiger partial charge in [-0.2, -0.15) is 0 Å². The molecule has 0 heterocycles. The summed E-state index contributed by atoms with van der Waals surface area (Å²) in [6, 6.07) is 3.82. The molecule has 0 saturated heterocycles. The smallest absolute Gasteiger partial charge is 0.303 e. The maximum absolute atomic E-state index is 10.5. The van der Waals surface area contributed by atoms with Gasteiger partial charge in [-0.15, -0.1) is 0 Å². The quantitative estimate of drug-likeness (QED) is 0.479. The van der Waals surface area contributed by atoms with Crippen LogP contribution in [0.15, 0.2) is 17.3 Å². The van der Waals surface area contributed by atoms with Crippen molar-refractivity contribution in [2.45, 2.75) is 33.6 Å². The first-order valence-electron chi connectivity index (χ1n) is 5.47. The molecule has 2 N–H and O–H groups in total. The zero-order chi connectivity index (χ0) is 13.0. The van der Waals surface area contributed by atoms with Crippen molar-refractivity contribution in [1.82, 2.24) is 0 Å². The lowest BCUT2D eigenvalue weighted by atomic mass is 9.94. The average Bonchev–Trinajstić information content (AvgIpc) is 2.29. The molecule has 0 aromatic heterocycles. The summed E-state index contributed by atoms with van der Waals surface area (Å²) in [4.78, 5) is 10.5. The van der Waals surface area contributed by atoms with Gasteiger partial charge in [-0.05, 0) is 37.5 Å². The number of oxime groups is 1. The van der Waals surface area contributed by atoms with Gasteiger partial charge >= 0.3 is 5.97 Å². The number of aryl methyl sites for hydroxylation is 1. The Hall–Kier alpha value is -1.84. The Morgan fingerprint density at radius 3 is 2.35 bits per heavy atom. The van der Waals surface area contributed by atoms with E-state index in [0.717, 1.165) is 16.7 Å². The Morgan fingerprint density at radius 2 is 1.82 bits per heavy atom. The summed E-state index contributed by atoms with van der Waals surface area (Å²) < 4.78 is 0. The monoisotopic (exact) mass is 235 g/mol. The van der Waals surface area contributed by atoms with Crippen LogP contribution in [0.5, 0.6) is 0 Å². The highest BCUT2D eigenvalue weighted by atomic mass is 16.4. The molecule has 0 bridgehead atoms. The lowest BCUT2D eigenvalue weighted by molar-refractivity contribution is -0.136. The highest BCUT2D eigenvalue weighted by molar-refractivity contribution is 6.02. The van der Waals surface area contributed by atoms with Crippen LogP contribution >= 0.6 is 0 Å². The SMILES string of the molecule is Cc1ccc(/C(CCC(=O)O)=N/O)c(C)c1C. The molecule has 0 aliphatic rings. The Kier molecular flexibility index (Phi) is 4.26. The summed E-state index contributed by atoms with van der Waals surface area (Å²) >= 11 is 0. The summed E-state index contributed by atoms with van der Waals surface area (Å²) in [5, 5.41) is 20.8. The van der Waals surface area contributed by atoms with Crippen molar-refractivity contribution in [3.05, 3.63) is 34.4 Å². The number of rotatable bonds is 4. The highest BCUT2D eigenvalue weighted by Gasteiger charge is 2.12. The number of benzene rings is 1. The molecule has 0 aliphatic carbocycles. The van der Waals surface area contributed by atoms with Crippen LogP contribution in [-0.4, -0.2) is 22.0 Å². The molecule has 0 fully saturated rings. The van der Waals surface area contributed by atoms with Crippen molar-refractivity contribution in [2.75, 3.05) is 0 Å². The molecule has 0 aliphatic heterocycles. The lowest BCUT2D eigenvalue weighted by Crippen LogP contribution is -2.08. The second kappa shape index (κ2) is 5.48. The molecule has 92 valence electrons. The molecule has 1 aromatic rings. The zero-order valence-corrected chi connectivity index (χ0v) is 10.3. The normalized spacial score (nSPS) is 11.6. The van der Waals surface area contributed by atoms with Crippen molar-refractivity contribution in [2.24, 2.45) is 5.16 Å². The molecule has 1 rings (SSSR count). The van der Waals surface area contributed by atoms with Crippen molar-refractivity contribution >= 4 is 11.7 Å².